The van der Waals surface area contributed by atoms with E-state index in [1.165, 1.54) is 0 Å². The van der Waals surface area contributed by atoms with Crippen LogP contribution in [0.15, 0.2) is 18.3 Å². The largest absolute Gasteiger partial charge is 0.340 e. The molecule has 16 heavy (non-hydrogen) atoms. The Morgan fingerprint density at radius 3 is 2.50 bits per heavy atom. The number of rotatable bonds is 2. The summed E-state index contributed by atoms with van der Waals surface area (Å²) in [5.41, 5.74) is 7.31. The summed E-state index contributed by atoms with van der Waals surface area (Å²) in [5, 5.41) is 0. The summed E-state index contributed by atoms with van der Waals surface area (Å²) in [6.45, 7) is 8.19. The zero-order chi connectivity index (χ0) is 12.0. The molecule has 2 aromatic rings. The van der Waals surface area contributed by atoms with Gasteiger partial charge in [-0.3, -0.25) is 0 Å². The number of hydrogen-bond donors (Lipinski definition) is 2. The molecule has 4 heteroatoms. The zero-order valence-electron chi connectivity index (χ0n) is 10.2. The number of fused-ring (bicyclic) bond motifs is 1. The maximum absolute atomic E-state index is 6.19. The van der Waals surface area contributed by atoms with Gasteiger partial charge in [-0.1, -0.05) is 13.8 Å². The van der Waals surface area contributed by atoms with Crippen LogP contribution in [0.5, 0.6) is 0 Å². The smallest absolute Gasteiger partial charge is 0.177 e. The molecule has 2 heterocycles. The molecule has 0 aliphatic heterocycles. The van der Waals surface area contributed by atoms with E-state index in [4.69, 9.17) is 5.73 Å². The molecule has 3 N–H and O–H groups in total. The van der Waals surface area contributed by atoms with Crippen molar-refractivity contribution in [2.24, 2.45) is 5.73 Å². The van der Waals surface area contributed by atoms with Gasteiger partial charge in [-0.05, 0) is 26.0 Å². The maximum atomic E-state index is 6.19. The van der Waals surface area contributed by atoms with Crippen molar-refractivity contribution in [1.82, 2.24) is 15.0 Å². The number of H-pyrrole nitrogens is 1. The first-order chi connectivity index (χ1) is 7.32. The van der Waals surface area contributed by atoms with Crippen LogP contribution in [0, 0.1) is 0 Å². The van der Waals surface area contributed by atoms with E-state index in [1.54, 1.807) is 6.20 Å². The number of aromatic nitrogens is 3. The Labute approximate surface area is 95.3 Å². The average molecular weight is 218 g/mol. The lowest BCUT2D eigenvalue weighted by atomic mass is 9.74. The summed E-state index contributed by atoms with van der Waals surface area (Å²) < 4.78 is 0. The summed E-state index contributed by atoms with van der Waals surface area (Å²) in [6.07, 6.45) is 1.74. The van der Waals surface area contributed by atoms with Gasteiger partial charge in [0.05, 0.1) is 5.52 Å². The first-order valence-corrected chi connectivity index (χ1v) is 5.42. The molecule has 0 amide bonds. The predicted molar refractivity (Wildman–Crippen MR) is 65.2 cm³/mol. The fourth-order valence-electron chi connectivity index (χ4n) is 1.45. The Bertz CT molecular complexity index is 472. The number of pyridine rings is 1. The normalized spacial score (nSPS) is 13.3. The number of nitrogens with zero attached hydrogens (tertiary/aromatic N) is 2. The first kappa shape index (κ1) is 11.1. The second-order valence-corrected chi connectivity index (χ2v) is 5.31. The Balaban J connectivity index is 2.56. The number of nitrogens with one attached hydrogen (secondary N) is 1. The zero-order valence-corrected chi connectivity index (χ0v) is 10.2. The van der Waals surface area contributed by atoms with Crippen molar-refractivity contribution in [3.8, 4) is 0 Å². The minimum absolute atomic E-state index is 0.228. The summed E-state index contributed by atoms with van der Waals surface area (Å²) in [4.78, 5) is 12.0. The van der Waals surface area contributed by atoms with Crippen LogP contribution >= 0.6 is 0 Å². The highest BCUT2D eigenvalue weighted by molar-refractivity contribution is 5.70. The molecule has 0 saturated heterocycles. The van der Waals surface area contributed by atoms with Crippen molar-refractivity contribution in [3.05, 3.63) is 24.2 Å². The van der Waals surface area contributed by atoms with Gasteiger partial charge in [-0.15, -0.1) is 0 Å². The first-order valence-electron chi connectivity index (χ1n) is 5.42. The van der Waals surface area contributed by atoms with E-state index >= 15 is 0 Å². The van der Waals surface area contributed by atoms with Crippen LogP contribution in [-0.2, 0) is 5.41 Å². The highest BCUT2D eigenvalue weighted by Crippen LogP contribution is 2.31. The molecule has 0 atom stereocenters. The molecule has 4 nitrogen and oxygen atoms in total. The van der Waals surface area contributed by atoms with Crippen LogP contribution in [0.3, 0.4) is 0 Å². The molecule has 0 fully saturated rings. The van der Waals surface area contributed by atoms with E-state index in [1.807, 2.05) is 26.0 Å². The van der Waals surface area contributed by atoms with Gasteiger partial charge in [0, 0.05) is 17.2 Å². The van der Waals surface area contributed by atoms with Gasteiger partial charge in [0.2, 0.25) is 0 Å². The Kier molecular flexibility index (Phi) is 2.27. The quantitative estimate of drug-likeness (QED) is 0.809. The lowest BCUT2D eigenvalue weighted by molar-refractivity contribution is 0.293. The lowest BCUT2D eigenvalue weighted by Gasteiger charge is -2.36. The number of aromatic amines is 1. The molecule has 86 valence electrons. The number of hydrogen-bond acceptors (Lipinski definition) is 3. The minimum Gasteiger partial charge on any atom is -0.340 e. The molecule has 0 aliphatic carbocycles. The third-order valence-corrected chi connectivity index (χ3v) is 3.46. The SMILES string of the molecule is CC(C)(N)C(C)(C)c1nc2ncccc2[nH]1. The van der Waals surface area contributed by atoms with E-state index in [0.29, 0.717) is 0 Å². The Morgan fingerprint density at radius 2 is 1.94 bits per heavy atom. The Hall–Kier alpha value is -1.42. The van der Waals surface area contributed by atoms with Gasteiger partial charge in [0.15, 0.2) is 5.65 Å². The summed E-state index contributed by atoms with van der Waals surface area (Å²) in [5.74, 6) is 0.883. The molecule has 0 aliphatic rings. The van der Waals surface area contributed by atoms with Gasteiger partial charge in [0.1, 0.15) is 5.82 Å². The maximum Gasteiger partial charge on any atom is 0.177 e. The van der Waals surface area contributed by atoms with Crippen LogP contribution in [0.1, 0.15) is 33.5 Å². The minimum atomic E-state index is -0.346. The molecule has 2 rings (SSSR count). The van der Waals surface area contributed by atoms with Crippen molar-refractivity contribution in [2.75, 3.05) is 0 Å². The molecule has 0 saturated carbocycles. The van der Waals surface area contributed by atoms with E-state index in [0.717, 1.165) is 17.0 Å². The van der Waals surface area contributed by atoms with Crippen molar-refractivity contribution in [1.29, 1.82) is 0 Å². The molecule has 0 radical (unpaired) electrons. The van der Waals surface area contributed by atoms with Gasteiger partial charge in [-0.2, -0.15) is 0 Å². The van der Waals surface area contributed by atoms with Crippen molar-refractivity contribution in [3.63, 3.8) is 0 Å². The van der Waals surface area contributed by atoms with Gasteiger partial charge < -0.3 is 10.7 Å². The van der Waals surface area contributed by atoms with E-state index in [2.05, 4.69) is 28.8 Å². The van der Waals surface area contributed by atoms with E-state index in [9.17, 15) is 0 Å². The molecular weight excluding hydrogens is 200 g/mol. The summed E-state index contributed by atoms with van der Waals surface area (Å²) in [6, 6.07) is 3.86. The average Bonchev–Trinajstić information content (AvgIpc) is 2.59. The van der Waals surface area contributed by atoms with Crippen molar-refractivity contribution >= 4 is 11.2 Å². The third-order valence-electron chi connectivity index (χ3n) is 3.46. The monoisotopic (exact) mass is 218 g/mol. The lowest BCUT2D eigenvalue weighted by Crippen LogP contribution is -2.50. The van der Waals surface area contributed by atoms with Crippen LogP contribution < -0.4 is 5.73 Å². The fraction of sp³-hybridized carbons (Fsp3) is 0.500. The van der Waals surface area contributed by atoms with Crippen molar-refractivity contribution < 1.29 is 0 Å². The topological polar surface area (TPSA) is 67.6 Å². The standard InChI is InChI=1S/C12H18N4/c1-11(2,12(3,4)13)10-15-8-6-5-7-14-9(8)16-10/h5-7H,13H2,1-4H3,(H,14,15,16). The second kappa shape index (κ2) is 3.28. The molecule has 2 aromatic heterocycles. The highest BCUT2D eigenvalue weighted by atomic mass is 15.0. The van der Waals surface area contributed by atoms with Gasteiger partial charge >= 0.3 is 0 Å². The Morgan fingerprint density at radius 1 is 1.25 bits per heavy atom. The number of imidazole rings is 1. The van der Waals surface area contributed by atoms with Crippen LogP contribution in [0.4, 0.5) is 0 Å². The van der Waals surface area contributed by atoms with Crippen LogP contribution in [0.25, 0.3) is 11.2 Å². The fourth-order valence-corrected chi connectivity index (χ4v) is 1.45. The van der Waals surface area contributed by atoms with E-state index < -0.39 is 0 Å². The highest BCUT2D eigenvalue weighted by Gasteiger charge is 2.37. The molecule has 0 bridgehead atoms. The predicted octanol–water partition coefficient (Wildman–Crippen LogP) is 1.97. The summed E-state index contributed by atoms with van der Waals surface area (Å²) >= 11 is 0. The van der Waals surface area contributed by atoms with Crippen LogP contribution in [-0.4, -0.2) is 20.5 Å². The van der Waals surface area contributed by atoms with Crippen molar-refractivity contribution in [2.45, 2.75) is 38.6 Å². The van der Waals surface area contributed by atoms with Crippen LogP contribution in [0.2, 0.25) is 0 Å². The molecule has 0 unspecified atom stereocenters. The second-order valence-electron chi connectivity index (χ2n) is 5.31. The van der Waals surface area contributed by atoms with Gasteiger partial charge in [0.25, 0.3) is 0 Å². The molecular formula is C12H18N4. The van der Waals surface area contributed by atoms with Gasteiger partial charge in [-0.25, -0.2) is 9.97 Å². The molecule has 0 aromatic carbocycles. The summed E-state index contributed by atoms with van der Waals surface area (Å²) in [7, 11) is 0. The number of nitrogens with two attached hydrogens (primary N) is 1. The molecule has 0 spiro atoms. The van der Waals surface area contributed by atoms with E-state index in [-0.39, 0.29) is 11.0 Å². The third kappa shape index (κ3) is 1.59.